The van der Waals surface area contributed by atoms with Crippen LogP contribution >= 0.6 is 0 Å². The van der Waals surface area contributed by atoms with Gasteiger partial charge in [0, 0.05) is 32.5 Å². The molecule has 2 heterocycles. The second-order valence-electron chi connectivity index (χ2n) is 5.42. The van der Waals surface area contributed by atoms with Crippen molar-refractivity contribution in [2.45, 2.75) is 12.8 Å². The van der Waals surface area contributed by atoms with E-state index in [0.717, 1.165) is 0 Å². The highest BCUT2D eigenvalue weighted by Crippen LogP contribution is 2.17. The van der Waals surface area contributed by atoms with Crippen LogP contribution in [-0.2, 0) is 9.59 Å². The Balaban J connectivity index is 1.93. The Morgan fingerprint density at radius 2 is 2.23 bits per heavy atom. The molecule has 0 spiro atoms. The molecule has 0 radical (unpaired) electrons. The lowest BCUT2D eigenvalue weighted by Gasteiger charge is -2.32. The fraction of sp³-hybridized carbons (Fsp3) is 0.467. The van der Waals surface area contributed by atoms with Crippen molar-refractivity contribution >= 4 is 17.8 Å². The van der Waals surface area contributed by atoms with Crippen LogP contribution in [0.3, 0.4) is 0 Å². The number of aliphatic carboxylic acids is 1. The third-order valence-electron chi connectivity index (χ3n) is 3.75. The van der Waals surface area contributed by atoms with Crippen molar-refractivity contribution in [2.75, 3.05) is 26.7 Å². The van der Waals surface area contributed by atoms with Crippen LogP contribution in [0.2, 0.25) is 0 Å². The molecule has 22 heavy (non-hydrogen) atoms. The highest BCUT2D eigenvalue weighted by Gasteiger charge is 2.29. The highest BCUT2D eigenvalue weighted by molar-refractivity contribution is 5.96. The van der Waals surface area contributed by atoms with Crippen LogP contribution in [-0.4, -0.2) is 64.4 Å². The van der Waals surface area contributed by atoms with Crippen LogP contribution in [0.1, 0.15) is 23.2 Å². The Hall–Kier alpha value is -2.44. The Kier molecular flexibility index (Phi) is 5.08. The minimum Gasteiger partial charge on any atom is -0.481 e. The smallest absolute Gasteiger partial charge is 0.308 e. The fourth-order valence-electron chi connectivity index (χ4n) is 2.49. The number of hydrogen-bond acceptors (Lipinski definition) is 4. The number of amides is 2. The number of carbonyl (C=O) groups excluding carboxylic acids is 2. The second-order valence-corrected chi connectivity index (χ2v) is 5.42. The SMILES string of the molecule is CN(CC(=O)N1CCCC(C(=O)O)C1)C(=O)c1cccnc1. The van der Waals surface area contributed by atoms with E-state index in [2.05, 4.69) is 4.98 Å². The summed E-state index contributed by atoms with van der Waals surface area (Å²) in [6.07, 6.45) is 4.28. The Morgan fingerprint density at radius 1 is 1.45 bits per heavy atom. The van der Waals surface area contributed by atoms with E-state index in [1.165, 1.54) is 16.0 Å². The van der Waals surface area contributed by atoms with Gasteiger partial charge in [-0.15, -0.1) is 0 Å². The summed E-state index contributed by atoms with van der Waals surface area (Å²) in [5.74, 6) is -1.91. The summed E-state index contributed by atoms with van der Waals surface area (Å²) in [4.78, 5) is 42.1. The molecule has 1 aliphatic rings. The molecule has 7 nitrogen and oxygen atoms in total. The Morgan fingerprint density at radius 3 is 2.86 bits per heavy atom. The van der Waals surface area contributed by atoms with E-state index in [1.807, 2.05) is 0 Å². The predicted molar refractivity (Wildman–Crippen MR) is 78.1 cm³/mol. The lowest BCUT2D eigenvalue weighted by Crippen LogP contribution is -2.46. The zero-order valence-electron chi connectivity index (χ0n) is 12.4. The molecular formula is C15H19N3O4. The molecule has 1 unspecified atom stereocenters. The largest absolute Gasteiger partial charge is 0.481 e. The zero-order chi connectivity index (χ0) is 16.1. The van der Waals surface area contributed by atoms with Gasteiger partial charge in [0.1, 0.15) is 0 Å². The maximum atomic E-state index is 12.2. The number of pyridine rings is 1. The quantitative estimate of drug-likeness (QED) is 0.873. The van der Waals surface area contributed by atoms with E-state index in [-0.39, 0.29) is 24.9 Å². The molecule has 1 aliphatic heterocycles. The summed E-state index contributed by atoms with van der Waals surface area (Å²) in [5.41, 5.74) is 0.417. The van der Waals surface area contributed by atoms with E-state index in [1.54, 1.807) is 25.4 Å². The van der Waals surface area contributed by atoms with Crippen LogP contribution < -0.4 is 0 Å². The average Bonchev–Trinajstić information content (AvgIpc) is 2.54. The summed E-state index contributed by atoms with van der Waals surface area (Å²) in [5, 5.41) is 9.05. The molecule has 2 rings (SSSR count). The van der Waals surface area contributed by atoms with Crippen LogP contribution in [0.25, 0.3) is 0 Å². The van der Waals surface area contributed by atoms with Gasteiger partial charge in [-0.2, -0.15) is 0 Å². The molecule has 0 bridgehead atoms. The average molecular weight is 305 g/mol. The minimum absolute atomic E-state index is 0.0694. The molecular weight excluding hydrogens is 286 g/mol. The van der Waals surface area contributed by atoms with Gasteiger partial charge in [0.15, 0.2) is 0 Å². The molecule has 7 heteroatoms. The molecule has 1 fully saturated rings. The van der Waals surface area contributed by atoms with Crippen molar-refractivity contribution in [2.24, 2.45) is 5.92 Å². The number of likely N-dealkylation sites (N-methyl/N-ethyl adjacent to an activating group) is 1. The number of likely N-dealkylation sites (tertiary alicyclic amines) is 1. The van der Waals surface area contributed by atoms with Gasteiger partial charge in [0.05, 0.1) is 18.0 Å². The third kappa shape index (κ3) is 3.81. The minimum atomic E-state index is -0.878. The highest BCUT2D eigenvalue weighted by atomic mass is 16.4. The summed E-state index contributed by atoms with van der Waals surface area (Å²) < 4.78 is 0. The predicted octanol–water partition coefficient (Wildman–Crippen LogP) is 0.477. The van der Waals surface area contributed by atoms with Crippen molar-refractivity contribution < 1.29 is 19.5 Å². The summed E-state index contributed by atoms with van der Waals surface area (Å²) >= 11 is 0. The number of carboxylic acids is 1. The van der Waals surface area contributed by atoms with E-state index in [4.69, 9.17) is 5.11 Å². The number of piperidine rings is 1. The first-order valence-corrected chi connectivity index (χ1v) is 7.15. The Labute approximate surface area is 128 Å². The molecule has 118 valence electrons. The summed E-state index contributed by atoms with van der Waals surface area (Å²) in [6.45, 7) is 0.681. The van der Waals surface area contributed by atoms with Crippen molar-refractivity contribution in [3.05, 3.63) is 30.1 Å². The molecule has 1 N–H and O–H groups in total. The zero-order valence-corrected chi connectivity index (χ0v) is 12.4. The number of hydrogen-bond donors (Lipinski definition) is 1. The van der Waals surface area contributed by atoms with Gasteiger partial charge in [0.25, 0.3) is 5.91 Å². The Bertz CT molecular complexity index is 561. The second kappa shape index (κ2) is 7.02. The number of rotatable bonds is 4. The van der Waals surface area contributed by atoms with Gasteiger partial charge >= 0.3 is 5.97 Å². The lowest BCUT2D eigenvalue weighted by molar-refractivity contribution is -0.145. The molecule has 1 saturated heterocycles. The van der Waals surface area contributed by atoms with Gasteiger partial charge in [0.2, 0.25) is 5.91 Å². The monoisotopic (exact) mass is 305 g/mol. The molecule has 1 aromatic heterocycles. The van der Waals surface area contributed by atoms with Crippen LogP contribution in [0.15, 0.2) is 24.5 Å². The normalized spacial score (nSPS) is 17.9. The summed E-state index contributed by atoms with van der Waals surface area (Å²) in [7, 11) is 1.55. The third-order valence-corrected chi connectivity index (χ3v) is 3.75. The van der Waals surface area contributed by atoms with E-state index in [9.17, 15) is 14.4 Å². The molecule has 2 amide bonds. The first kappa shape index (κ1) is 15.9. The topological polar surface area (TPSA) is 90.8 Å². The van der Waals surface area contributed by atoms with Gasteiger partial charge in [-0.25, -0.2) is 0 Å². The maximum absolute atomic E-state index is 12.2. The molecule has 1 atom stereocenters. The lowest BCUT2D eigenvalue weighted by atomic mass is 9.98. The van der Waals surface area contributed by atoms with Crippen LogP contribution in [0.5, 0.6) is 0 Å². The van der Waals surface area contributed by atoms with E-state index < -0.39 is 11.9 Å². The van der Waals surface area contributed by atoms with Gasteiger partial charge < -0.3 is 14.9 Å². The fourth-order valence-corrected chi connectivity index (χ4v) is 2.49. The van der Waals surface area contributed by atoms with Gasteiger partial charge in [-0.3, -0.25) is 19.4 Å². The number of carbonyl (C=O) groups is 3. The molecule has 0 aromatic carbocycles. The van der Waals surface area contributed by atoms with E-state index in [0.29, 0.717) is 24.9 Å². The van der Waals surface area contributed by atoms with Crippen molar-refractivity contribution in [1.82, 2.24) is 14.8 Å². The van der Waals surface area contributed by atoms with Crippen molar-refractivity contribution in [3.8, 4) is 0 Å². The maximum Gasteiger partial charge on any atom is 0.308 e. The molecule has 0 aliphatic carbocycles. The number of aromatic nitrogens is 1. The van der Waals surface area contributed by atoms with Gasteiger partial charge in [-0.05, 0) is 25.0 Å². The van der Waals surface area contributed by atoms with Gasteiger partial charge in [-0.1, -0.05) is 0 Å². The summed E-state index contributed by atoms with van der Waals surface area (Å²) in [6, 6.07) is 3.29. The van der Waals surface area contributed by atoms with E-state index >= 15 is 0 Å². The standard InChI is InChI=1S/C15H19N3O4/c1-17(14(20)11-4-2-6-16-8-11)10-13(19)18-7-3-5-12(9-18)15(21)22/h2,4,6,8,12H,3,5,7,9-10H2,1H3,(H,21,22). The van der Waals surface area contributed by atoms with Crippen LogP contribution in [0, 0.1) is 5.92 Å². The first-order chi connectivity index (χ1) is 10.5. The van der Waals surface area contributed by atoms with Crippen molar-refractivity contribution in [1.29, 1.82) is 0 Å². The van der Waals surface area contributed by atoms with Crippen molar-refractivity contribution in [3.63, 3.8) is 0 Å². The molecule has 0 saturated carbocycles. The number of carboxylic acid groups (broad SMARTS) is 1. The molecule has 1 aromatic rings. The first-order valence-electron chi connectivity index (χ1n) is 7.15. The number of nitrogens with zero attached hydrogens (tertiary/aromatic N) is 3. The van der Waals surface area contributed by atoms with Crippen LogP contribution in [0.4, 0.5) is 0 Å².